The molecule has 29 heavy (non-hydrogen) atoms. The molecule has 1 N–H and O–H groups in total. The third-order valence-corrected chi connectivity index (χ3v) is 6.00. The maximum absolute atomic E-state index is 13.7. The first-order chi connectivity index (χ1) is 14.0. The van der Waals surface area contributed by atoms with E-state index in [0.717, 1.165) is 48.5 Å². The van der Waals surface area contributed by atoms with Crippen molar-refractivity contribution >= 4 is 5.78 Å². The molecule has 1 spiro atoms. The van der Waals surface area contributed by atoms with E-state index < -0.39 is 5.60 Å². The Hall–Kier alpha value is -2.99. The number of para-hydroxylation sites is 1. The van der Waals surface area contributed by atoms with Gasteiger partial charge in [0.25, 0.3) is 0 Å². The highest BCUT2D eigenvalue weighted by molar-refractivity contribution is 6.10. The molecule has 0 amide bonds. The molecule has 1 fully saturated rings. The molecule has 3 aromatic rings. The molecule has 0 aliphatic carbocycles. The van der Waals surface area contributed by atoms with Crippen molar-refractivity contribution < 1.29 is 13.9 Å². The van der Waals surface area contributed by atoms with E-state index in [1.54, 1.807) is 17.7 Å². The van der Waals surface area contributed by atoms with Crippen molar-refractivity contribution in [3.05, 3.63) is 70.7 Å². The number of halogens is 1. The molecule has 0 radical (unpaired) electrons. The van der Waals surface area contributed by atoms with Crippen molar-refractivity contribution in [1.29, 1.82) is 0 Å². The molecule has 2 aromatic carbocycles. The van der Waals surface area contributed by atoms with Gasteiger partial charge in [0.05, 0.1) is 11.3 Å². The van der Waals surface area contributed by atoms with E-state index in [-0.39, 0.29) is 11.6 Å². The normalized spacial score (nSPS) is 16.8. The van der Waals surface area contributed by atoms with Gasteiger partial charge in [-0.05, 0) is 55.9 Å². The minimum absolute atomic E-state index is 0.203. The molecule has 0 atom stereocenters. The topological polar surface area (TPSA) is 56.2 Å². The molecule has 6 heteroatoms. The molecule has 5 nitrogen and oxygen atoms in total. The highest BCUT2D eigenvalue weighted by atomic mass is 19.1. The summed E-state index contributed by atoms with van der Waals surface area (Å²) in [7, 11) is 1.86. The Morgan fingerprint density at radius 1 is 1.21 bits per heavy atom. The minimum atomic E-state index is -0.594. The maximum Gasteiger partial charge on any atom is 0.213 e. The van der Waals surface area contributed by atoms with Crippen LogP contribution in [-0.2, 0) is 12.6 Å². The first-order valence-corrected chi connectivity index (χ1v) is 9.88. The molecule has 3 heterocycles. The van der Waals surface area contributed by atoms with E-state index in [1.807, 2.05) is 31.3 Å². The zero-order valence-electron chi connectivity index (χ0n) is 16.5. The van der Waals surface area contributed by atoms with Gasteiger partial charge in [-0.2, -0.15) is 5.10 Å². The van der Waals surface area contributed by atoms with Crippen LogP contribution in [0.5, 0.6) is 5.75 Å². The van der Waals surface area contributed by atoms with Crippen molar-refractivity contribution in [2.24, 2.45) is 7.05 Å². The third kappa shape index (κ3) is 2.70. The highest BCUT2D eigenvalue weighted by Crippen LogP contribution is 2.50. The average Bonchev–Trinajstić information content (AvgIpc) is 3.09. The van der Waals surface area contributed by atoms with Crippen LogP contribution in [0, 0.1) is 12.7 Å². The number of benzene rings is 2. The lowest BCUT2D eigenvalue weighted by atomic mass is 9.79. The monoisotopic (exact) mass is 391 g/mol. The largest absolute Gasteiger partial charge is 0.482 e. The Labute approximate surface area is 168 Å². The van der Waals surface area contributed by atoms with Crippen molar-refractivity contribution in [1.82, 2.24) is 15.1 Å². The SMILES string of the molecule is Cc1cc(C(=O)c2nn(C)c3c2C2(CCNCC2)Oc2ccccc2-3)ccc1F. The summed E-state index contributed by atoms with van der Waals surface area (Å²) in [6.07, 6.45) is 1.51. The van der Waals surface area contributed by atoms with Gasteiger partial charge in [-0.1, -0.05) is 12.1 Å². The fourth-order valence-corrected chi connectivity index (χ4v) is 4.54. The van der Waals surface area contributed by atoms with Crippen molar-refractivity contribution in [3.8, 4) is 17.0 Å². The summed E-state index contributed by atoms with van der Waals surface area (Å²) in [6, 6.07) is 12.3. The number of carbonyl (C=O) groups is 1. The van der Waals surface area contributed by atoms with Crippen LogP contribution in [0.15, 0.2) is 42.5 Å². The van der Waals surface area contributed by atoms with E-state index >= 15 is 0 Å². The summed E-state index contributed by atoms with van der Waals surface area (Å²) >= 11 is 0. The lowest BCUT2D eigenvalue weighted by Crippen LogP contribution is -2.46. The molecule has 148 valence electrons. The number of ketones is 1. The number of carbonyl (C=O) groups excluding carboxylic acids is 1. The predicted molar refractivity (Wildman–Crippen MR) is 108 cm³/mol. The second-order valence-electron chi connectivity index (χ2n) is 7.83. The van der Waals surface area contributed by atoms with E-state index in [0.29, 0.717) is 16.8 Å². The number of fused-ring (bicyclic) bond motifs is 4. The Morgan fingerprint density at radius 3 is 2.72 bits per heavy atom. The molecule has 1 aromatic heterocycles. The van der Waals surface area contributed by atoms with Gasteiger partial charge in [-0.15, -0.1) is 0 Å². The Morgan fingerprint density at radius 2 is 1.97 bits per heavy atom. The van der Waals surface area contributed by atoms with Gasteiger partial charge in [-0.3, -0.25) is 9.48 Å². The molecule has 0 saturated carbocycles. The minimum Gasteiger partial charge on any atom is -0.482 e. The summed E-state index contributed by atoms with van der Waals surface area (Å²) in [5.41, 5.74) is 3.40. The number of hydrogen-bond donors (Lipinski definition) is 1. The first-order valence-electron chi connectivity index (χ1n) is 9.88. The number of ether oxygens (including phenoxy) is 1. The molecule has 0 bridgehead atoms. The van der Waals surface area contributed by atoms with Gasteiger partial charge in [0.15, 0.2) is 0 Å². The number of piperidine rings is 1. The summed E-state index contributed by atoms with van der Waals surface area (Å²) < 4.78 is 22.1. The molecular formula is C23H22FN3O2. The highest BCUT2D eigenvalue weighted by Gasteiger charge is 2.47. The zero-order chi connectivity index (χ0) is 20.2. The maximum atomic E-state index is 13.7. The number of nitrogens with zero attached hydrogens (tertiary/aromatic N) is 2. The van der Waals surface area contributed by atoms with Crippen LogP contribution < -0.4 is 10.1 Å². The quantitative estimate of drug-likeness (QED) is 0.677. The van der Waals surface area contributed by atoms with E-state index in [2.05, 4.69) is 10.4 Å². The van der Waals surface area contributed by atoms with Crippen LogP contribution in [0.2, 0.25) is 0 Å². The third-order valence-electron chi connectivity index (χ3n) is 6.00. The van der Waals surface area contributed by atoms with E-state index in [1.165, 1.54) is 12.1 Å². The summed E-state index contributed by atoms with van der Waals surface area (Å²) in [5.74, 6) is 0.295. The number of nitrogens with one attached hydrogen (secondary N) is 1. The van der Waals surface area contributed by atoms with Crippen LogP contribution >= 0.6 is 0 Å². The van der Waals surface area contributed by atoms with Crippen molar-refractivity contribution in [2.75, 3.05) is 13.1 Å². The van der Waals surface area contributed by atoms with Crippen LogP contribution in [0.25, 0.3) is 11.3 Å². The summed E-state index contributed by atoms with van der Waals surface area (Å²) in [6.45, 7) is 3.27. The second kappa shape index (κ2) is 6.52. The van der Waals surface area contributed by atoms with Crippen LogP contribution in [0.4, 0.5) is 4.39 Å². The van der Waals surface area contributed by atoms with Gasteiger partial charge in [0, 0.05) is 31.0 Å². The molecule has 2 aliphatic heterocycles. The number of aryl methyl sites for hydroxylation is 2. The number of rotatable bonds is 2. The van der Waals surface area contributed by atoms with E-state index in [4.69, 9.17) is 4.74 Å². The molecular weight excluding hydrogens is 369 g/mol. The predicted octanol–water partition coefficient (Wildman–Crippen LogP) is 3.74. The molecule has 2 aliphatic rings. The fraction of sp³-hybridized carbons (Fsp3) is 0.304. The zero-order valence-corrected chi connectivity index (χ0v) is 16.5. The summed E-state index contributed by atoms with van der Waals surface area (Å²) in [4.78, 5) is 13.5. The Kier molecular flexibility index (Phi) is 4.06. The van der Waals surface area contributed by atoms with Gasteiger partial charge in [-0.25, -0.2) is 4.39 Å². The van der Waals surface area contributed by atoms with Gasteiger partial charge < -0.3 is 10.1 Å². The standard InChI is InChI=1S/C23H22FN3O2/c1-14-13-15(7-8-17(14)24)22(28)20-19-21(27(2)26-20)16-5-3-4-6-18(16)29-23(19)9-11-25-12-10-23/h3-8,13,25H,9-12H2,1-2H3. The Balaban J connectivity index is 1.73. The van der Waals surface area contributed by atoms with E-state index in [9.17, 15) is 9.18 Å². The van der Waals surface area contributed by atoms with Crippen molar-refractivity contribution in [2.45, 2.75) is 25.4 Å². The average molecular weight is 391 g/mol. The fourth-order valence-electron chi connectivity index (χ4n) is 4.54. The Bertz CT molecular complexity index is 1130. The first kappa shape index (κ1) is 18.1. The van der Waals surface area contributed by atoms with Gasteiger partial charge in [0.2, 0.25) is 5.78 Å². The smallest absolute Gasteiger partial charge is 0.213 e. The van der Waals surface area contributed by atoms with Crippen LogP contribution in [-0.4, -0.2) is 28.7 Å². The van der Waals surface area contributed by atoms with Crippen molar-refractivity contribution in [3.63, 3.8) is 0 Å². The second-order valence-corrected chi connectivity index (χ2v) is 7.83. The lowest BCUT2D eigenvalue weighted by molar-refractivity contribution is 0.0298. The van der Waals surface area contributed by atoms with Gasteiger partial charge in [0.1, 0.15) is 22.9 Å². The van der Waals surface area contributed by atoms with Gasteiger partial charge >= 0.3 is 0 Å². The molecule has 1 saturated heterocycles. The molecule has 0 unspecified atom stereocenters. The lowest BCUT2D eigenvalue weighted by Gasteiger charge is -2.42. The molecule has 5 rings (SSSR count). The number of hydrogen-bond acceptors (Lipinski definition) is 4. The summed E-state index contributed by atoms with van der Waals surface area (Å²) in [5, 5.41) is 8.02. The van der Waals surface area contributed by atoms with Crippen LogP contribution in [0.3, 0.4) is 0 Å². The van der Waals surface area contributed by atoms with Crippen LogP contribution in [0.1, 0.15) is 40.0 Å². The number of aromatic nitrogens is 2.